The van der Waals surface area contributed by atoms with Gasteiger partial charge in [0.25, 0.3) is 0 Å². The summed E-state index contributed by atoms with van der Waals surface area (Å²) in [7, 11) is 0. The molecule has 1 aromatic rings. The van der Waals surface area contributed by atoms with Gasteiger partial charge in [0, 0.05) is 12.5 Å². The highest BCUT2D eigenvalue weighted by molar-refractivity contribution is 5.79. The molecule has 0 bridgehead atoms. The molecule has 1 saturated heterocycles. The lowest BCUT2D eigenvalue weighted by atomic mass is 9.92. The minimum atomic E-state index is -0.874. The number of hydrogen-bond donors (Lipinski definition) is 1. The van der Waals surface area contributed by atoms with Crippen LogP contribution in [0.2, 0.25) is 0 Å². The maximum atomic E-state index is 12.5. The van der Waals surface area contributed by atoms with Gasteiger partial charge in [-0.2, -0.15) is 0 Å². The zero-order chi connectivity index (χ0) is 14.0. The molecular weight excluding hydrogens is 250 g/mol. The predicted octanol–water partition coefficient (Wildman–Crippen LogP) is 2.46. The smallest absolute Gasteiger partial charge is 0.226 e. The van der Waals surface area contributed by atoms with Crippen molar-refractivity contribution in [2.45, 2.75) is 31.3 Å². The molecular formula is C17H21NO2. The van der Waals surface area contributed by atoms with Crippen molar-refractivity contribution in [3.8, 4) is 0 Å². The predicted molar refractivity (Wildman–Crippen MR) is 78.0 cm³/mol. The lowest BCUT2D eigenvalue weighted by molar-refractivity contribution is -0.135. The van der Waals surface area contributed by atoms with E-state index in [1.165, 1.54) is 0 Å². The number of allylic oxidation sites excluding steroid dienone is 2. The molecule has 106 valence electrons. The zero-order valence-corrected chi connectivity index (χ0v) is 11.7. The van der Waals surface area contributed by atoms with E-state index in [1.54, 1.807) is 0 Å². The van der Waals surface area contributed by atoms with Crippen LogP contribution in [-0.4, -0.2) is 29.0 Å². The summed E-state index contributed by atoms with van der Waals surface area (Å²) in [4.78, 5) is 14.3. The van der Waals surface area contributed by atoms with E-state index < -0.39 is 5.60 Å². The zero-order valence-electron chi connectivity index (χ0n) is 11.7. The summed E-state index contributed by atoms with van der Waals surface area (Å²) in [5.74, 6) is 0.319. The summed E-state index contributed by atoms with van der Waals surface area (Å²) < 4.78 is 0. The number of carbonyl (C=O) groups excluding carboxylic acids is 1. The molecule has 1 amide bonds. The summed E-state index contributed by atoms with van der Waals surface area (Å²) in [6, 6.07) is 9.70. The third-order valence-corrected chi connectivity index (χ3v) is 4.49. The quantitative estimate of drug-likeness (QED) is 0.839. The Morgan fingerprint density at radius 1 is 1.25 bits per heavy atom. The van der Waals surface area contributed by atoms with Crippen LogP contribution in [0.1, 0.15) is 31.2 Å². The number of likely N-dealkylation sites (tertiary alicyclic amines) is 1. The van der Waals surface area contributed by atoms with Gasteiger partial charge in [0.1, 0.15) is 5.60 Å². The number of hydrogen-bond acceptors (Lipinski definition) is 2. The van der Waals surface area contributed by atoms with E-state index in [0.717, 1.165) is 24.8 Å². The van der Waals surface area contributed by atoms with Crippen LogP contribution in [0.3, 0.4) is 0 Å². The first-order chi connectivity index (χ1) is 9.69. The van der Waals surface area contributed by atoms with Crippen LogP contribution in [0.15, 0.2) is 42.5 Å². The number of rotatable bonds is 2. The Morgan fingerprint density at radius 2 is 2.05 bits per heavy atom. The summed E-state index contributed by atoms with van der Waals surface area (Å²) in [6.07, 6.45) is 7.66. The van der Waals surface area contributed by atoms with Crippen molar-refractivity contribution in [3.05, 3.63) is 48.0 Å². The molecule has 3 heteroatoms. The fourth-order valence-corrected chi connectivity index (χ4v) is 3.24. The Hall–Kier alpha value is -1.61. The molecule has 2 atom stereocenters. The van der Waals surface area contributed by atoms with Crippen molar-refractivity contribution in [2.75, 3.05) is 13.1 Å². The normalized spacial score (nSPS) is 29.6. The molecule has 1 aliphatic carbocycles. The van der Waals surface area contributed by atoms with E-state index in [-0.39, 0.29) is 11.8 Å². The highest BCUT2D eigenvalue weighted by Gasteiger charge is 2.40. The van der Waals surface area contributed by atoms with Crippen LogP contribution in [0.5, 0.6) is 0 Å². The fourth-order valence-electron chi connectivity index (χ4n) is 3.24. The van der Waals surface area contributed by atoms with Crippen LogP contribution in [0.4, 0.5) is 0 Å². The van der Waals surface area contributed by atoms with E-state index in [1.807, 2.05) is 35.2 Å². The van der Waals surface area contributed by atoms with Crippen molar-refractivity contribution >= 4 is 5.91 Å². The average Bonchev–Trinajstić information content (AvgIpc) is 2.92. The summed E-state index contributed by atoms with van der Waals surface area (Å²) in [6.45, 7) is 1.08. The number of benzene rings is 1. The monoisotopic (exact) mass is 271 g/mol. The Balaban J connectivity index is 1.70. The van der Waals surface area contributed by atoms with Crippen LogP contribution >= 0.6 is 0 Å². The molecule has 1 fully saturated rings. The Kier molecular flexibility index (Phi) is 3.62. The third kappa shape index (κ3) is 2.50. The Bertz CT molecular complexity index is 511. The maximum Gasteiger partial charge on any atom is 0.226 e. The van der Waals surface area contributed by atoms with Crippen LogP contribution < -0.4 is 0 Å². The van der Waals surface area contributed by atoms with E-state index >= 15 is 0 Å². The lowest BCUT2D eigenvalue weighted by Crippen LogP contribution is -2.38. The molecule has 1 N–H and O–H groups in total. The van der Waals surface area contributed by atoms with E-state index in [9.17, 15) is 9.90 Å². The van der Waals surface area contributed by atoms with Gasteiger partial charge >= 0.3 is 0 Å². The average molecular weight is 271 g/mol. The molecule has 0 aromatic heterocycles. The van der Waals surface area contributed by atoms with E-state index in [2.05, 4.69) is 12.2 Å². The first-order valence-electron chi connectivity index (χ1n) is 7.41. The molecule has 2 unspecified atom stereocenters. The maximum absolute atomic E-state index is 12.5. The first kappa shape index (κ1) is 13.4. The van der Waals surface area contributed by atoms with Gasteiger partial charge in [-0.1, -0.05) is 42.5 Å². The summed E-state index contributed by atoms with van der Waals surface area (Å²) >= 11 is 0. The number of nitrogens with zero attached hydrogens (tertiary/aromatic N) is 1. The summed E-state index contributed by atoms with van der Waals surface area (Å²) in [5, 5.41) is 10.8. The minimum absolute atomic E-state index is 0.109. The second-order valence-electron chi connectivity index (χ2n) is 5.89. The highest BCUT2D eigenvalue weighted by atomic mass is 16.3. The second-order valence-corrected chi connectivity index (χ2v) is 5.89. The van der Waals surface area contributed by atoms with Gasteiger partial charge < -0.3 is 10.0 Å². The van der Waals surface area contributed by atoms with Crippen molar-refractivity contribution in [3.63, 3.8) is 0 Å². The van der Waals surface area contributed by atoms with Crippen molar-refractivity contribution < 1.29 is 9.90 Å². The molecule has 1 heterocycles. The van der Waals surface area contributed by atoms with Gasteiger partial charge in [-0.25, -0.2) is 0 Å². The standard InChI is InChI=1S/C17H21NO2/c19-16(14-7-3-1-4-8-14)18-12-11-17(20,13-18)15-9-5-2-6-10-15/h1-3,5-6,9-10,14,20H,4,7-8,11-13H2. The van der Waals surface area contributed by atoms with E-state index in [0.29, 0.717) is 19.5 Å². The van der Waals surface area contributed by atoms with Crippen molar-refractivity contribution in [2.24, 2.45) is 5.92 Å². The molecule has 2 aliphatic rings. The molecule has 3 rings (SSSR count). The molecule has 0 spiro atoms. The van der Waals surface area contributed by atoms with Crippen LogP contribution in [0.25, 0.3) is 0 Å². The first-order valence-corrected chi connectivity index (χ1v) is 7.41. The van der Waals surface area contributed by atoms with Crippen molar-refractivity contribution in [1.82, 2.24) is 4.90 Å². The highest BCUT2D eigenvalue weighted by Crippen LogP contribution is 2.33. The van der Waals surface area contributed by atoms with Gasteiger partial charge in [0.05, 0.1) is 6.54 Å². The number of amides is 1. The summed E-state index contributed by atoms with van der Waals surface area (Å²) in [5.41, 5.74) is 0.0420. The number of aliphatic hydroxyl groups is 1. The molecule has 0 saturated carbocycles. The third-order valence-electron chi connectivity index (χ3n) is 4.49. The Labute approximate surface area is 119 Å². The fraction of sp³-hybridized carbons (Fsp3) is 0.471. The number of β-amino-alcohol motifs (C(OH)–C–C–N with tert-alkyl or cyclic N) is 1. The van der Waals surface area contributed by atoms with Crippen LogP contribution in [0, 0.1) is 5.92 Å². The molecule has 1 aliphatic heterocycles. The lowest BCUT2D eigenvalue weighted by Gasteiger charge is -2.27. The van der Waals surface area contributed by atoms with Gasteiger partial charge in [-0.15, -0.1) is 0 Å². The minimum Gasteiger partial charge on any atom is -0.383 e. The molecule has 1 aromatic carbocycles. The largest absolute Gasteiger partial charge is 0.383 e. The van der Waals surface area contributed by atoms with Gasteiger partial charge in [-0.05, 0) is 31.2 Å². The van der Waals surface area contributed by atoms with Gasteiger partial charge in [0.15, 0.2) is 0 Å². The molecule has 3 nitrogen and oxygen atoms in total. The topological polar surface area (TPSA) is 40.5 Å². The second kappa shape index (κ2) is 5.41. The molecule has 20 heavy (non-hydrogen) atoms. The van der Waals surface area contributed by atoms with Gasteiger partial charge in [0.2, 0.25) is 5.91 Å². The van der Waals surface area contributed by atoms with E-state index in [4.69, 9.17) is 0 Å². The Morgan fingerprint density at radius 3 is 2.75 bits per heavy atom. The number of carbonyl (C=O) groups is 1. The molecule has 0 radical (unpaired) electrons. The SMILES string of the molecule is O=C(C1CC=CCC1)N1CCC(O)(c2ccccc2)C1. The van der Waals surface area contributed by atoms with Crippen LogP contribution in [-0.2, 0) is 10.4 Å². The van der Waals surface area contributed by atoms with Crippen molar-refractivity contribution in [1.29, 1.82) is 0 Å². The van der Waals surface area contributed by atoms with Gasteiger partial charge in [-0.3, -0.25) is 4.79 Å².